The Morgan fingerprint density at radius 3 is 2.43 bits per heavy atom. The number of aromatic hydroxyl groups is 1. The summed E-state index contributed by atoms with van der Waals surface area (Å²) in [5.41, 5.74) is 0.928. The number of hydrogen-bond acceptors (Lipinski definition) is 8. The molecule has 0 heterocycles. The van der Waals surface area contributed by atoms with Crippen LogP contribution in [0.25, 0.3) is 0 Å². The molecule has 1 rings (SSSR count). The van der Waals surface area contributed by atoms with E-state index in [-0.39, 0.29) is 24.2 Å². The van der Waals surface area contributed by atoms with Gasteiger partial charge in [0, 0.05) is 13.3 Å². The van der Waals surface area contributed by atoms with E-state index in [1.165, 1.54) is 14.0 Å². The monoisotopic (exact) mass is 425 g/mol. The van der Waals surface area contributed by atoms with E-state index in [9.17, 15) is 19.8 Å². The Morgan fingerprint density at radius 1 is 1.13 bits per heavy atom. The summed E-state index contributed by atoms with van der Waals surface area (Å²) >= 11 is 0. The number of rotatable bonds is 14. The van der Waals surface area contributed by atoms with Gasteiger partial charge in [0.1, 0.15) is 12.2 Å². The largest absolute Gasteiger partial charge is 0.504 e. The number of carbonyl (C=O) groups is 2. The first kappa shape index (κ1) is 25.7. The number of methoxy groups -OCH3 is 1. The number of phenolic OH excluding ortho intramolecular Hbond substituents is 1. The SMILES string of the molecule is CNCC(=O)OC(CCc1ccc(O)c(OC)c1)CC(CCCC(C)O)OC(C)=O. The fraction of sp³-hybridized carbons (Fsp3) is 0.636. The van der Waals surface area contributed by atoms with E-state index in [2.05, 4.69) is 5.32 Å². The van der Waals surface area contributed by atoms with E-state index in [1.54, 1.807) is 32.2 Å². The number of aryl methyl sites for hydroxylation is 1. The average Bonchev–Trinajstić information content (AvgIpc) is 2.66. The molecule has 0 radical (unpaired) electrons. The van der Waals surface area contributed by atoms with Crippen LogP contribution in [0.15, 0.2) is 18.2 Å². The van der Waals surface area contributed by atoms with Crippen LogP contribution in [0, 0.1) is 0 Å². The number of phenols is 1. The minimum absolute atomic E-state index is 0.0614. The second kappa shape index (κ2) is 13.8. The van der Waals surface area contributed by atoms with Crippen molar-refractivity contribution in [2.45, 2.75) is 70.7 Å². The van der Waals surface area contributed by atoms with Crippen LogP contribution in [0.4, 0.5) is 0 Å². The summed E-state index contributed by atoms with van der Waals surface area (Å²) in [5, 5.41) is 22.0. The first-order valence-corrected chi connectivity index (χ1v) is 10.3. The van der Waals surface area contributed by atoms with Gasteiger partial charge in [0.15, 0.2) is 11.5 Å². The van der Waals surface area contributed by atoms with Crippen LogP contribution in [0.1, 0.15) is 51.5 Å². The smallest absolute Gasteiger partial charge is 0.320 e. The Kier molecular flexibility index (Phi) is 11.8. The van der Waals surface area contributed by atoms with Crippen molar-refractivity contribution in [1.82, 2.24) is 5.32 Å². The van der Waals surface area contributed by atoms with E-state index in [1.807, 2.05) is 0 Å². The fourth-order valence-corrected chi connectivity index (χ4v) is 3.20. The van der Waals surface area contributed by atoms with Crippen LogP contribution in [0.3, 0.4) is 0 Å². The van der Waals surface area contributed by atoms with E-state index in [0.29, 0.717) is 44.3 Å². The van der Waals surface area contributed by atoms with Crippen molar-refractivity contribution in [2.75, 3.05) is 20.7 Å². The molecule has 0 amide bonds. The second-order valence-electron chi connectivity index (χ2n) is 7.43. The second-order valence-corrected chi connectivity index (χ2v) is 7.43. The van der Waals surface area contributed by atoms with Crippen LogP contribution in [-0.4, -0.2) is 61.2 Å². The third-order valence-electron chi connectivity index (χ3n) is 4.62. The van der Waals surface area contributed by atoms with E-state index in [0.717, 1.165) is 5.56 Å². The maximum absolute atomic E-state index is 12.0. The topological polar surface area (TPSA) is 114 Å². The van der Waals surface area contributed by atoms with E-state index >= 15 is 0 Å². The van der Waals surface area contributed by atoms with Gasteiger partial charge in [-0.05, 0) is 63.8 Å². The van der Waals surface area contributed by atoms with Crippen LogP contribution in [0.5, 0.6) is 11.5 Å². The number of ether oxygens (including phenoxy) is 3. The van der Waals surface area contributed by atoms with E-state index in [4.69, 9.17) is 14.2 Å². The van der Waals surface area contributed by atoms with Gasteiger partial charge in [-0.1, -0.05) is 6.07 Å². The number of benzene rings is 1. The summed E-state index contributed by atoms with van der Waals surface area (Å²) in [6.45, 7) is 3.16. The number of hydrogen-bond donors (Lipinski definition) is 3. The molecule has 3 N–H and O–H groups in total. The molecule has 3 unspecified atom stereocenters. The number of carbonyl (C=O) groups excluding carboxylic acids is 2. The van der Waals surface area contributed by atoms with Crippen molar-refractivity contribution in [3.8, 4) is 11.5 Å². The summed E-state index contributed by atoms with van der Waals surface area (Å²) in [4.78, 5) is 23.6. The van der Waals surface area contributed by atoms with Gasteiger partial charge in [-0.15, -0.1) is 0 Å². The van der Waals surface area contributed by atoms with Crippen LogP contribution < -0.4 is 10.1 Å². The molecule has 1 aromatic rings. The summed E-state index contributed by atoms with van der Waals surface area (Å²) in [5.74, 6) is -0.324. The van der Waals surface area contributed by atoms with Crippen molar-refractivity contribution in [3.05, 3.63) is 23.8 Å². The molecular formula is C22H35NO7. The number of aliphatic hydroxyl groups is 1. The average molecular weight is 426 g/mol. The first-order chi connectivity index (χ1) is 14.2. The van der Waals surface area contributed by atoms with Gasteiger partial charge in [0.05, 0.1) is 19.8 Å². The normalized spacial score (nSPS) is 13.9. The molecule has 8 nitrogen and oxygen atoms in total. The van der Waals surface area contributed by atoms with Crippen LogP contribution in [0.2, 0.25) is 0 Å². The number of nitrogens with one attached hydrogen (secondary N) is 1. The molecule has 0 aliphatic heterocycles. The molecule has 0 saturated carbocycles. The highest BCUT2D eigenvalue weighted by atomic mass is 16.6. The summed E-state index contributed by atoms with van der Waals surface area (Å²) in [6.07, 6.45) is 2.12. The molecular weight excluding hydrogens is 390 g/mol. The molecule has 0 saturated heterocycles. The Balaban J connectivity index is 2.82. The maximum Gasteiger partial charge on any atom is 0.320 e. The van der Waals surface area contributed by atoms with Gasteiger partial charge < -0.3 is 29.7 Å². The molecule has 170 valence electrons. The lowest BCUT2D eigenvalue weighted by molar-refractivity contribution is -0.154. The Labute approximate surface area is 178 Å². The molecule has 30 heavy (non-hydrogen) atoms. The highest BCUT2D eigenvalue weighted by Crippen LogP contribution is 2.27. The highest BCUT2D eigenvalue weighted by molar-refractivity contribution is 5.71. The van der Waals surface area contributed by atoms with Gasteiger partial charge in [-0.3, -0.25) is 9.59 Å². The maximum atomic E-state index is 12.0. The molecule has 8 heteroatoms. The third kappa shape index (κ3) is 10.5. The highest BCUT2D eigenvalue weighted by Gasteiger charge is 2.22. The zero-order valence-electron chi connectivity index (χ0n) is 18.3. The van der Waals surface area contributed by atoms with Crippen molar-refractivity contribution in [1.29, 1.82) is 0 Å². The zero-order valence-corrected chi connectivity index (χ0v) is 18.3. The summed E-state index contributed by atoms with van der Waals surface area (Å²) in [6, 6.07) is 5.10. The van der Waals surface area contributed by atoms with Gasteiger partial charge in [-0.25, -0.2) is 0 Å². The lowest BCUT2D eigenvalue weighted by atomic mass is 9.99. The van der Waals surface area contributed by atoms with Gasteiger partial charge in [0.2, 0.25) is 0 Å². The Hall–Kier alpha value is -2.32. The molecule has 0 bridgehead atoms. The lowest BCUT2D eigenvalue weighted by Crippen LogP contribution is -2.31. The van der Waals surface area contributed by atoms with Crippen molar-refractivity contribution in [2.24, 2.45) is 0 Å². The number of esters is 2. The first-order valence-electron chi connectivity index (χ1n) is 10.3. The molecule has 1 aromatic carbocycles. The molecule has 0 aromatic heterocycles. The zero-order chi connectivity index (χ0) is 22.5. The van der Waals surface area contributed by atoms with Crippen molar-refractivity contribution >= 4 is 11.9 Å². The number of likely N-dealkylation sites (N-methyl/N-ethyl adjacent to an activating group) is 1. The molecule has 0 fully saturated rings. The predicted molar refractivity (Wildman–Crippen MR) is 112 cm³/mol. The fourth-order valence-electron chi connectivity index (χ4n) is 3.20. The minimum Gasteiger partial charge on any atom is -0.504 e. The van der Waals surface area contributed by atoms with Gasteiger partial charge >= 0.3 is 11.9 Å². The standard InChI is InChI=1S/C22H35NO7/c1-15(24)6-5-7-18(29-16(2)25)13-19(30-22(27)14-23-3)10-8-17-9-11-20(26)21(12-17)28-4/h9,11-12,15,18-19,23-24,26H,5-8,10,13-14H2,1-4H3. The molecule has 0 aliphatic carbocycles. The third-order valence-corrected chi connectivity index (χ3v) is 4.62. The summed E-state index contributed by atoms with van der Waals surface area (Å²) < 4.78 is 16.2. The summed E-state index contributed by atoms with van der Waals surface area (Å²) in [7, 11) is 3.15. The predicted octanol–water partition coefficient (Wildman–Crippen LogP) is 2.34. The van der Waals surface area contributed by atoms with Gasteiger partial charge in [-0.2, -0.15) is 0 Å². The molecule has 0 spiro atoms. The Morgan fingerprint density at radius 2 is 1.83 bits per heavy atom. The van der Waals surface area contributed by atoms with Crippen LogP contribution in [-0.2, 0) is 25.5 Å². The van der Waals surface area contributed by atoms with Crippen molar-refractivity contribution < 1.29 is 34.0 Å². The molecule has 3 atom stereocenters. The quantitative estimate of drug-likeness (QED) is 0.389. The number of aliphatic hydroxyl groups excluding tert-OH is 1. The lowest BCUT2D eigenvalue weighted by Gasteiger charge is -2.24. The van der Waals surface area contributed by atoms with E-state index < -0.39 is 18.3 Å². The van der Waals surface area contributed by atoms with Crippen molar-refractivity contribution in [3.63, 3.8) is 0 Å². The Bertz CT molecular complexity index is 663. The van der Waals surface area contributed by atoms with Crippen LogP contribution >= 0.6 is 0 Å². The minimum atomic E-state index is -0.443. The van der Waals surface area contributed by atoms with Gasteiger partial charge in [0.25, 0.3) is 0 Å². The molecule has 0 aliphatic rings.